The molecular formula is C5H7BN. The Balaban J connectivity index is 0. The predicted molar refractivity (Wildman–Crippen MR) is 33.6 cm³/mol. The van der Waals surface area contributed by atoms with E-state index in [0.29, 0.717) is 6.54 Å². The average molecular weight is 91.9 g/mol. The van der Waals surface area contributed by atoms with Gasteiger partial charge in [0.1, 0.15) is 0 Å². The van der Waals surface area contributed by atoms with Gasteiger partial charge < -0.3 is 0 Å². The third-order valence-corrected chi connectivity index (χ3v) is 0.368. The van der Waals surface area contributed by atoms with Crippen LogP contribution < -0.4 is 0 Å². The van der Waals surface area contributed by atoms with Gasteiger partial charge >= 0.3 is 0 Å². The highest BCUT2D eigenvalue weighted by Gasteiger charge is 1.54. The van der Waals surface area contributed by atoms with E-state index in [1.807, 2.05) is 0 Å². The zero-order chi connectivity index (χ0) is 4.83. The molecule has 0 aromatic carbocycles. The number of hydrogen-bond acceptors (Lipinski definition) is 1. The average Bonchev–Trinajstić information content (AvgIpc) is 1.61. The van der Waals surface area contributed by atoms with Crippen LogP contribution in [-0.2, 0) is 0 Å². The highest BCUT2D eigenvalue weighted by molar-refractivity contribution is 5.75. The first kappa shape index (κ1) is 9.57. The third-order valence-electron chi connectivity index (χ3n) is 0.368. The summed E-state index contributed by atoms with van der Waals surface area (Å²) in [6, 6.07) is 0. The predicted octanol–water partition coefficient (Wildman–Crippen LogP) is 0.329. The molecule has 1 nitrogen and oxygen atoms in total. The Hall–Kier alpha value is -0.705. The van der Waals surface area contributed by atoms with Crippen LogP contribution in [0.2, 0.25) is 0 Å². The van der Waals surface area contributed by atoms with Crippen LogP contribution in [0.15, 0.2) is 4.99 Å². The maximum absolute atomic E-state index is 3.50. The van der Waals surface area contributed by atoms with Crippen molar-refractivity contribution in [3.63, 3.8) is 0 Å². The Morgan fingerprint density at radius 3 is 2.43 bits per heavy atom. The Kier molecular flexibility index (Phi) is 12.3. The summed E-state index contributed by atoms with van der Waals surface area (Å²) in [5.74, 6) is 5.40. The molecule has 0 N–H and O–H groups in total. The molecule has 0 unspecified atom stereocenters. The first-order valence-electron chi connectivity index (χ1n) is 1.74. The molecular weight excluding hydrogens is 84.9 g/mol. The van der Waals surface area contributed by atoms with Gasteiger partial charge in [-0.25, -0.2) is 0 Å². The van der Waals surface area contributed by atoms with Gasteiger partial charge in [-0.1, -0.05) is 5.92 Å². The van der Waals surface area contributed by atoms with Gasteiger partial charge in [-0.2, -0.15) is 0 Å². The van der Waals surface area contributed by atoms with Gasteiger partial charge in [-0.05, 0) is 13.6 Å². The number of nitrogens with zero attached hydrogens (tertiary/aromatic N) is 1. The van der Waals surface area contributed by atoms with Crippen molar-refractivity contribution in [3.05, 3.63) is 0 Å². The Morgan fingerprint density at radius 1 is 1.71 bits per heavy atom. The molecule has 0 aliphatic rings. The van der Waals surface area contributed by atoms with E-state index in [0.717, 1.165) is 0 Å². The summed E-state index contributed by atoms with van der Waals surface area (Å²) in [7, 11) is 0. The molecule has 0 atom stereocenters. The molecule has 0 saturated heterocycles. The van der Waals surface area contributed by atoms with Crippen molar-refractivity contribution in [1.29, 1.82) is 0 Å². The molecule has 35 valence electrons. The summed E-state index contributed by atoms with van der Waals surface area (Å²) in [6.07, 6.45) is 0. The van der Waals surface area contributed by atoms with E-state index in [2.05, 4.69) is 23.6 Å². The molecule has 0 spiro atoms. The molecule has 7 heavy (non-hydrogen) atoms. The van der Waals surface area contributed by atoms with Crippen molar-refractivity contribution in [1.82, 2.24) is 0 Å². The minimum absolute atomic E-state index is 0. The van der Waals surface area contributed by atoms with Gasteiger partial charge in [0.25, 0.3) is 0 Å². The standard InChI is InChI=1S/C5H7N.B/c1-3-4-5-6-2;/h2,5H2,1H3;. The van der Waals surface area contributed by atoms with Gasteiger partial charge in [0.05, 0.1) is 6.54 Å². The van der Waals surface area contributed by atoms with Gasteiger partial charge in [0.15, 0.2) is 0 Å². The van der Waals surface area contributed by atoms with Crippen LogP contribution in [0.25, 0.3) is 0 Å². The summed E-state index contributed by atoms with van der Waals surface area (Å²) in [5, 5.41) is 0. The van der Waals surface area contributed by atoms with Crippen LogP contribution in [0.4, 0.5) is 0 Å². The summed E-state index contributed by atoms with van der Waals surface area (Å²) < 4.78 is 0. The van der Waals surface area contributed by atoms with Gasteiger partial charge in [-0.3, -0.25) is 4.99 Å². The molecule has 0 bridgehead atoms. The van der Waals surface area contributed by atoms with Gasteiger partial charge in [0, 0.05) is 8.41 Å². The van der Waals surface area contributed by atoms with E-state index in [1.165, 1.54) is 0 Å². The second kappa shape index (κ2) is 9.00. The normalized spacial score (nSPS) is 4.71. The topological polar surface area (TPSA) is 12.4 Å². The fourth-order valence-electron chi connectivity index (χ4n) is 0.135. The lowest BCUT2D eigenvalue weighted by Crippen LogP contribution is -1.64. The molecule has 0 aliphatic carbocycles. The SMILES string of the molecule is C=NCC#CC.[B]. The van der Waals surface area contributed by atoms with Crippen molar-refractivity contribution < 1.29 is 0 Å². The smallest absolute Gasteiger partial charge is 0.0990 e. The van der Waals surface area contributed by atoms with E-state index in [9.17, 15) is 0 Å². The fraction of sp³-hybridized carbons (Fsp3) is 0.400. The van der Waals surface area contributed by atoms with Crippen LogP contribution in [0.1, 0.15) is 6.92 Å². The highest BCUT2D eigenvalue weighted by Crippen LogP contribution is 1.56. The molecule has 3 radical (unpaired) electrons. The number of hydrogen-bond donors (Lipinski definition) is 0. The third kappa shape index (κ3) is 10.9. The van der Waals surface area contributed by atoms with Crippen LogP contribution in [0.3, 0.4) is 0 Å². The van der Waals surface area contributed by atoms with E-state index in [1.54, 1.807) is 6.92 Å². The maximum atomic E-state index is 3.50. The second-order valence-electron chi connectivity index (χ2n) is 0.808. The van der Waals surface area contributed by atoms with Crippen molar-refractivity contribution in [2.75, 3.05) is 6.54 Å². The van der Waals surface area contributed by atoms with Crippen molar-refractivity contribution in [3.8, 4) is 11.8 Å². The lowest BCUT2D eigenvalue weighted by molar-refractivity contribution is 1.31. The quantitative estimate of drug-likeness (QED) is 0.251. The largest absolute Gasteiger partial charge is 0.288 e. The first-order chi connectivity index (χ1) is 2.91. The molecule has 0 rings (SSSR count). The molecule has 0 amide bonds. The van der Waals surface area contributed by atoms with Crippen molar-refractivity contribution >= 4 is 15.1 Å². The Bertz CT molecular complexity index is 88.0. The lowest BCUT2D eigenvalue weighted by atomic mass is 10.6. The van der Waals surface area contributed by atoms with E-state index >= 15 is 0 Å². The van der Waals surface area contributed by atoms with Crippen molar-refractivity contribution in [2.24, 2.45) is 4.99 Å². The van der Waals surface area contributed by atoms with E-state index < -0.39 is 0 Å². The highest BCUT2D eigenvalue weighted by atomic mass is 14.6. The van der Waals surface area contributed by atoms with Crippen LogP contribution >= 0.6 is 0 Å². The molecule has 0 aromatic heterocycles. The minimum Gasteiger partial charge on any atom is -0.288 e. The molecule has 2 heteroatoms. The molecule has 0 saturated carbocycles. The van der Waals surface area contributed by atoms with Crippen LogP contribution in [0.5, 0.6) is 0 Å². The Labute approximate surface area is 46.4 Å². The summed E-state index contributed by atoms with van der Waals surface area (Å²) in [6.45, 7) is 5.59. The van der Waals surface area contributed by atoms with Crippen molar-refractivity contribution in [2.45, 2.75) is 6.92 Å². The second-order valence-corrected chi connectivity index (χ2v) is 0.808. The van der Waals surface area contributed by atoms with Gasteiger partial charge in [0.2, 0.25) is 0 Å². The molecule has 0 aromatic rings. The van der Waals surface area contributed by atoms with E-state index in [-0.39, 0.29) is 8.41 Å². The van der Waals surface area contributed by atoms with E-state index in [4.69, 9.17) is 0 Å². The molecule has 0 aliphatic heterocycles. The number of aliphatic imine (C=N–C) groups is 1. The fourth-order valence-corrected chi connectivity index (χ4v) is 0.135. The van der Waals surface area contributed by atoms with Crippen LogP contribution in [0, 0.1) is 11.8 Å². The zero-order valence-corrected chi connectivity index (χ0v) is 4.44. The van der Waals surface area contributed by atoms with Crippen LogP contribution in [-0.4, -0.2) is 21.7 Å². The zero-order valence-electron chi connectivity index (χ0n) is 4.44. The van der Waals surface area contributed by atoms with Gasteiger partial charge in [-0.15, -0.1) is 5.92 Å². The molecule has 0 heterocycles. The minimum atomic E-state index is 0. The lowest BCUT2D eigenvalue weighted by Gasteiger charge is -1.66. The summed E-state index contributed by atoms with van der Waals surface area (Å²) >= 11 is 0. The summed E-state index contributed by atoms with van der Waals surface area (Å²) in [5.41, 5.74) is 0. The summed E-state index contributed by atoms with van der Waals surface area (Å²) in [4.78, 5) is 3.50. The first-order valence-corrected chi connectivity index (χ1v) is 1.74. The maximum Gasteiger partial charge on any atom is 0.0990 e. The molecule has 0 fully saturated rings. The number of rotatable bonds is 1. The monoisotopic (exact) mass is 92.1 g/mol. The Morgan fingerprint density at radius 2 is 2.29 bits per heavy atom.